The van der Waals surface area contributed by atoms with Gasteiger partial charge >= 0.3 is 0 Å². The Morgan fingerprint density at radius 3 is 2.50 bits per heavy atom. The van der Waals surface area contributed by atoms with Gasteiger partial charge in [0.25, 0.3) is 0 Å². The SMILES string of the molecule is CN1CC[C@@H](N(C)S(C)=O)C1.O. The molecule has 0 spiro atoms. The zero-order chi connectivity index (χ0) is 8.43. The van der Waals surface area contributed by atoms with Crippen LogP contribution < -0.4 is 0 Å². The van der Waals surface area contributed by atoms with E-state index >= 15 is 0 Å². The van der Waals surface area contributed by atoms with E-state index in [9.17, 15) is 4.21 Å². The predicted molar refractivity (Wildman–Crippen MR) is 51.3 cm³/mol. The van der Waals surface area contributed by atoms with Crippen LogP contribution in [0.2, 0.25) is 0 Å². The lowest BCUT2D eigenvalue weighted by Gasteiger charge is -2.20. The van der Waals surface area contributed by atoms with E-state index in [1.54, 1.807) is 6.26 Å². The lowest BCUT2D eigenvalue weighted by molar-refractivity contribution is 0.358. The molecule has 1 heterocycles. The summed E-state index contributed by atoms with van der Waals surface area (Å²) in [5, 5.41) is 0. The molecular weight excluding hydrogens is 176 g/mol. The maximum absolute atomic E-state index is 11.1. The predicted octanol–water partition coefficient (Wildman–Crippen LogP) is -0.909. The van der Waals surface area contributed by atoms with Crippen molar-refractivity contribution in [2.24, 2.45) is 0 Å². The molecule has 0 saturated carbocycles. The van der Waals surface area contributed by atoms with E-state index < -0.39 is 11.0 Å². The molecule has 4 nitrogen and oxygen atoms in total. The molecule has 0 aromatic heterocycles. The highest BCUT2D eigenvalue weighted by molar-refractivity contribution is 7.81. The first kappa shape index (κ1) is 12.0. The van der Waals surface area contributed by atoms with Crippen LogP contribution in [0.25, 0.3) is 0 Å². The van der Waals surface area contributed by atoms with Gasteiger partial charge in [-0.15, -0.1) is 0 Å². The fourth-order valence-corrected chi connectivity index (χ4v) is 2.01. The molecule has 0 aromatic rings. The molecule has 1 aliphatic rings. The Morgan fingerprint density at radius 2 is 2.17 bits per heavy atom. The van der Waals surface area contributed by atoms with Crippen LogP contribution in [0.3, 0.4) is 0 Å². The Balaban J connectivity index is 0.00000121. The van der Waals surface area contributed by atoms with E-state index in [-0.39, 0.29) is 5.48 Å². The molecule has 5 heteroatoms. The van der Waals surface area contributed by atoms with E-state index in [1.807, 2.05) is 11.4 Å². The highest BCUT2D eigenvalue weighted by Gasteiger charge is 2.24. The Bertz CT molecular complexity index is 165. The van der Waals surface area contributed by atoms with Gasteiger partial charge in [-0.1, -0.05) is 0 Å². The third-order valence-electron chi connectivity index (χ3n) is 2.29. The van der Waals surface area contributed by atoms with Crippen LogP contribution in [0.4, 0.5) is 0 Å². The highest BCUT2D eigenvalue weighted by atomic mass is 32.2. The highest BCUT2D eigenvalue weighted by Crippen LogP contribution is 2.12. The smallest absolute Gasteiger partial charge is 0.0911 e. The summed E-state index contributed by atoms with van der Waals surface area (Å²) in [5.74, 6) is 0. The molecule has 1 fully saturated rings. The Morgan fingerprint density at radius 1 is 1.58 bits per heavy atom. The lowest BCUT2D eigenvalue weighted by Crippen LogP contribution is -2.34. The number of nitrogens with zero attached hydrogens (tertiary/aromatic N) is 2. The van der Waals surface area contributed by atoms with Gasteiger partial charge < -0.3 is 10.4 Å². The third kappa shape index (κ3) is 2.82. The quantitative estimate of drug-likeness (QED) is 0.571. The summed E-state index contributed by atoms with van der Waals surface area (Å²) < 4.78 is 13.0. The number of hydrogen-bond acceptors (Lipinski definition) is 2. The average Bonchev–Trinajstić information content (AvgIpc) is 2.34. The molecular formula is C7H18N2O2S. The van der Waals surface area contributed by atoms with Crippen molar-refractivity contribution in [3.63, 3.8) is 0 Å². The summed E-state index contributed by atoms with van der Waals surface area (Å²) in [6.07, 6.45) is 2.88. The van der Waals surface area contributed by atoms with Gasteiger partial charge in [0.1, 0.15) is 0 Å². The largest absolute Gasteiger partial charge is 0.412 e. The van der Waals surface area contributed by atoms with Gasteiger partial charge in [-0.3, -0.25) is 0 Å². The van der Waals surface area contributed by atoms with Crippen LogP contribution in [-0.4, -0.2) is 58.4 Å². The van der Waals surface area contributed by atoms with Gasteiger partial charge in [0, 0.05) is 25.9 Å². The number of rotatable bonds is 2. The molecule has 1 saturated heterocycles. The fourth-order valence-electron chi connectivity index (χ4n) is 1.42. The van der Waals surface area contributed by atoms with Crippen LogP contribution in [0, 0.1) is 0 Å². The zero-order valence-corrected chi connectivity index (χ0v) is 8.73. The summed E-state index contributed by atoms with van der Waals surface area (Å²) in [5.41, 5.74) is 0. The van der Waals surface area contributed by atoms with Gasteiger partial charge in [-0.2, -0.15) is 0 Å². The van der Waals surface area contributed by atoms with Gasteiger partial charge in [0.15, 0.2) is 0 Å². The van der Waals surface area contributed by atoms with Crippen molar-refractivity contribution in [3.05, 3.63) is 0 Å². The molecule has 0 aliphatic carbocycles. The molecule has 1 unspecified atom stereocenters. The van der Waals surface area contributed by atoms with E-state index in [4.69, 9.17) is 0 Å². The molecule has 0 aromatic carbocycles. The van der Waals surface area contributed by atoms with E-state index in [1.165, 1.54) is 0 Å². The maximum Gasteiger partial charge on any atom is 0.0911 e. The first-order chi connectivity index (χ1) is 5.11. The van der Waals surface area contributed by atoms with Crippen LogP contribution in [-0.2, 0) is 11.0 Å². The summed E-state index contributed by atoms with van der Waals surface area (Å²) in [6.45, 7) is 2.18. The van der Waals surface area contributed by atoms with Gasteiger partial charge in [-0.25, -0.2) is 8.51 Å². The normalized spacial score (nSPS) is 27.2. The maximum atomic E-state index is 11.1. The van der Waals surface area contributed by atoms with Crippen molar-refractivity contribution < 1.29 is 9.69 Å². The van der Waals surface area contributed by atoms with Crippen molar-refractivity contribution in [3.8, 4) is 0 Å². The standard InChI is InChI=1S/C7H16N2OS.H2O/c1-8-5-4-7(6-8)9(2)11(3)10;/h7H,4-6H2,1-3H3;1H2/t7-,11?;/m1./s1. The molecule has 2 atom stereocenters. The van der Waals surface area contributed by atoms with E-state index in [0.717, 1.165) is 19.5 Å². The van der Waals surface area contributed by atoms with Gasteiger partial charge in [0.2, 0.25) is 0 Å². The van der Waals surface area contributed by atoms with Crippen LogP contribution >= 0.6 is 0 Å². The number of likely N-dealkylation sites (N-methyl/N-ethyl adjacent to an activating group) is 2. The Labute approximate surface area is 76.4 Å². The fraction of sp³-hybridized carbons (Fsp3) is 1.00. The van der Waals surface area contributed by atoms with Gasteiger partial charge in [0.05, 0.1) is 11.0 Å². The second-order valence-corrected chi connectivity index (χ2v) is 4.60. The first-order valence-corrected chi connectivity index (χ1v) is 5.37. The van der Waals surface area contributed by atoms with Crippen LogP contribution in [0.1, 0.15) is 6.42 Å². The lowest BCUT2D eigenvalue weighted by atomic mass is 10.3. The Hall–Kier alpha value is 0.0300. The molecule has 0 amide bonds. The van der Waals surface area contributed by atoms with Gasteiger partial charge in [-0.05, 0) is 20.0 Å². The summed E-state index contributed by atoms with van der Waals surface area (Å²) in [7, 11) is 3.23. The summed E-state index contributed by atoms with van der Waals surface area (Å²) in [4.78, 5) is 2.27. The number of hydrogen-bond donors (Lipinski definition) is 0. The number of likely N-dealkylation sites (tertiary alicyclic amines) is 1. The van der Waals surface area contributed by atoms with Crippen molar-refractivity contribution in [2.45, 2.75) is 12.5 Å². The molecule has 0 radical (unpaired) electrons. The Kier molecular flexibility index (Phi) is 4.92. The summed E-state index contributed by atoms with van der Waals surface area (Å²) in [6, 6.07) is 0.492. The first-order valence-electron chi connectivity index (χ1n) is 3.86. The minimum absolute atomic E-state index is 0. The third-order valence-corrected chi connectivity index (χ3v) is 3.40. The van der Waals surface area contributed by atoms with E-state index in [0.29, 0.717) is 6.04 Å². The van der Waals surface area contributed by atoms with Crippen molar-refractivity contribution in [1.29, 1.82) is 0 Å². The monoisotopic (exact) mass is 194 g/mol. The van der Waals surface area contributed by atoms with Crippen molar-refractivity contribution >= 4 is 11.0 Å². The minimum atomic E-state index is -0.808. The van der Waals surface area contributed by atoms with E-state index in [2.05, 4.69) is 11.9 Å². The molecule has 1 rings (SSSR count). The molecule has 74 valence electrons. The van der Waals surface area contributed by atoms with Crippen molar-refractivity contribution in [1.82, 2.24) is 9.21 Å². The second-order valence-electron chi connectivity index (χ2n) is 3.17. The summed E-state index contributed by atoms with van der Waals surface area (Å²) >= 11 is 0. The van der Waals surface area contributed by atoms with Crippen LogP contribution in [0.5, 0.6) is 0 Å². The molecule has 0 bridgehead atoms. The van der Waals surface area contributed by atoms with Crippen molar-refractivity contribution in [2.75, 3.05) is 33.4 Å². The molecule has 2 N–H and O–H groups in total. The zero-order valence-electron chi connectivity index (χ0n) is 7.91. The average molecular weight is 194 g/mol. The van der Waals surface area contributed by atoms with Crippen LogP contribution in [0.15, 0.2) is 0 Å². The molecule has 12 heavy (non-hydrogen) atoms. The molecule has 1 aliphatic heterocycles. The second kappa shape index (κ2) is 4.91. The topological polar surface area (TPSA) is 55.0 Å². The minimum Gasteiger partial charge on any atom is -0.412 e.